The van der Waals surface area contributed by atoms with Gasteiger partial charge in [-0.1, -0.05) is 36.2 Å². The van der Waals surface area contributed by atoms with Crippen molar-refractivity contribution in [3.63, 3.8) is 0 Å². The van der Waals surface area contributed by atoms with Crippen LogP contribution in [-0.2, 0) is 23.0 Å². The zero-order valence-corrected chi connectivity index (χ0v) is 17.2. The number of anilines is 1. The van der Waals surface area contributed by atoms with E-state index in [9.17, 15) is 13.2 Å². The molecule has 0 fully saturated rings. The van der Waals surface area contributed by atoms with Crippen molar-refractivity contribution in [3.05, 3.63) is 63.1 Å². The van der Waals surface area contributed by atoms with Gasteiger partial charge in [0.15, 0.2) is 0 Å². The molecule has 1 N–H and O–H groups in total. The summed E-state index contributed by atoms with van der Waals surface area (Å²) in [7, 11) is -3.25. The largest absolute Gasteiger partial charge is 0.322 e. The van der Waals surface area contributed by atoms with E-state index in [1.165, 1.54) is 10.4 Å². The Balaban J connectivity index is 1.79. The number of nitrogens with one attached hydrogen (secondary N) is 1. The standard InChI is InChI=1S/C19H20Cl2N2O3S/c1-2-9-27(25,26)23-8-7-13-3-5-16(10-14(13)12-23)22-19(24)17-6-4-15(20)11-18(17)21/h3-6,10-11H,2,7-9,12H2,1H3,(H,22,24). The number of nitrogens with zero attached hydrogens (tertiary/aromatic N) is 1. The Hall–Kier alpha value is -1.60. The highest BCUT2D eigenvalue weighted by Crippen LogP contribution is 2.26. The molecule has 0 saturated heterocycles. The lowest BCUT2D eigenvalue weighted by molar-refractivity contribution is 0.102. The Bertz CT molecular complexity index is 977. The summed E-state index contributed by atoms with van der Waals surface area (Å²) in [4.78, 5) is 12.5. The SMILES string of the molecule is CCCS(=O)(=O)N1CCc2ccc(NC(=O)c3ccc(Cl)cc3Cl)cc2C1. The van der Waals surface area contributed by atoms with Crippen LogP contribution in [0.5, 0.6) is 0 Å². The zero-order chi connectivity index (χ0) is 19.6. The first-order chi connectivity index (χ1) is 12.8. The van der Waals surface area contributed by atoms with Gasteiger partial charge >= 0.3 is 0 Å². The number of sulfonamides is 1. The van der Waals surface area contributed by atoms with Gasteiger partial charge in [-0.3, -0.25) is 4.79 Å². The quantitative estimate of drug-likeness (QED) is 0.772. The predicted molar refractivity (Wildman–Crippen MR) is 109 cm³/mol. The number of carbonyl (C=O) groups is 1. The first-order valence-corrected chi connectivity index (χ1v) is 11.0. The molecule has 8 heteroatoms. The Morgan fingerprint density at radius 3 is 2.63 bits per heavy atom. The molecule has 0 saturated carbocycles. The van der Waals surface area contributed by atoms with E-state index >= 15 is 0 Å². The van der Waals surface area contributed by atoms with Gasteiger partial charge < -0.3 is 5.32 Å². The van der Waals surface area contributed by atoms with Crippen molar-refractivity contribution in [1.82, 2.24) is 4.31 Å². The number of benzene rings is 2. The summed E-state index contributed by atoms with van der Waals surface area (Å²) >= 11 is 12.0. The highest BCUT2D eigenvalue weighted by Gasteiger charge is 2.26. The number of hydrogen-bond acceptors (Lipinski definition) is 3. The lowest BCUT2D eigenvalue weighted by Crippen LogP contribution is -2.37. The van der Waals surface area contributed by atoms with Gasteiger partial charge in [0, 0.05) is 23.8 Å². The molecule has 2 aromatic rings. The molecule has 0 aromatic heterocycles. The van der Waals surface area contributed by atoms with Crippen LogP contribution in [0.2, 0.25) is 10.0 Å². The van der Waals surface area contributed by atoms with Crippen LogP contribution in [0.15, 0.2) is 36.4 Å². The molecular weight excluding hydrogens is 407 g/mol. The van der Waals surface area contributed by atoms with Crippen molar-refractivity contribution >= 4 is 44.8 Å². The molecule has 2 aromatic carbocycles. The van der Waals surface area contributed by atoms with E-state index in [0.29, 0.717) is 42.2 Å². The average Bonchev–Trinajstić information content (AvgIpc) is 2.61. The van der Waals surface area contributed by atoms with Crippen LogP contribution in [-0.4, -0.2) is 30.9 Å². The molecule has 0 spiro atoms. The van der Waals surface area contributed by atoms with Crippen molar-refractivity contribution in [2.75, 3.05) is 17.6 Å². The fourth-order valence-corrected chi connectivity index (χ4v) is 5.08. The molecular formula is C19H20Cl2N2O3S. The van der Waals surface area contributed by atoms with Gasteiger partial charge in [0.2, 0.25) is 10.0 Å². The molecule has 0 aliphatic carbocycles. The zero-order valence-electron chi connectivity index (χ0n) is 14.8. The third kappa shape index (κ3) is 4.63. The molecule has 5 nitrogen and oxygen atoms in total. The van der Waals surface area contributed by atoms with Crippen LogP contribution in [0.3, 0.4) is 0 Å². The lowest BCUT2D eigenvalue weighted by atomic mass is 10.0. The monoisotopic (exact) mass is 426 g/mol. The molecule has 1 heterocycles. The highest BCUT2D eigenvalue weighted by molar-refractivity contribution is 7.89. The second-order valence-electron chi connectivity index (χ2n) is 6.46. The minimum absolute atomic E-state index is 0.147. The molecule has 144 valence electrons. The van der Waals surface area contributed by atoms with Crippen molar-refractivity contribution in [2.24, 2.45) is 0 Å². The molecule has 0 bridgehead atoms. The van der Waals surface area contributed by atoms with E-state index in [1.807, 2.05) is 25.1 Å². The van der Waals surface area contributed by atoms with Crippen LogP contribution in [0.4, 0.5) is 5.69 Å². The van der Waals surface area contributed by atoms with Gasteiger partial charge in [-0.15, -0.1) is 0 Å². The van der Waals surface area contributed by atoms with Crippen LogP contribution in [0.1, 0.15) is 34.8 Å². The molecule has 1 aliphatic heterocycles. The molecule has 0 atom stereocenters. The maximum Gasteiger partial charge on any atom is 0.257 e. The van der Waals surface area contributed by atoms with Crippen molar-refractivity contribution in [1.29, 1.82) is 0 Å². The molecule has 3 rings (SSSR count). The summed E-state index contributed by atoms with van der Waals surface area (Å²) in [6, 6.07) is 10.3. The smallest absolute Gasteiger partial charge is 0.257 e. The Morgan fingerprint density at radius 1 is 1.15 bits per heavy atom. The molecule has 0 unspecified atom stereocenters. The molecule has 0 radical (unpaired) electrons. The van der Waals surface area contributed by atoms with Gasteiger partial charge in [0.25, 0.3) is 5.91 Å². The Kier molecular flexibility index (Phi) is 6.11. The van der Waals surface area contributed by atoms with E-state index in [-0.39, 0.29) is 16.7 Å². The predicted octanol–water partition coefficient (Wildman–Crippen LogP) is 4.34. The average molecular weight is 427 g/mol. The summed E-state index contributed by atoms with van der Waals surface area (Å²) in [6.45, 7) is 2.66. The Labute approximate surface area is 169 Å². The van der Waals surface area contributed by atoms with Crippen molar-refractivity contribution in [2.45, 2.75) is 26.3 Å². The van der Waals surface area contributed by atoms with E-state index in [2.05, 4.69) is 5.32 Å². The Morgan fingerprint density at radius 2 is 1.93 bits per heavy atom. The number of rotatable bonds is 5. The van der Waals surface area contributed by atoms with Crippen LogP contribution >= 0.6 is 23.2 Å². The lowest BCUT2D eigenvalue weighted by Gasteiger charge is -2.28. The molecule has 1 aliphatic rings. The first-order valence-electron chi connectivity index (χ1n) is 8.66. The van der Waals surface area contributed by atoms with Gasteiger partial charge in [0.05, 0.1) is 16.3 Å². The third-order valence-corrected chi connectivity index (χ3v) is 7.04. The maximum atomic E-state index is 12.5. The second-order valence-corrected chi connectivity index (χ2v) is 9.39. The minimum Gasteiger partial charge on any atom is -0.322 e. The fourth-order valence-electron chi connectivity index (χ4n) is 3.11. The van der Waals surface area contributed by atoms with E-state index in [0.717, 1.165) is 11.1 Å². The summed E-state index contributed by atoms with van der Waals surface area (Å²) in [5.74, 6) is -0.198. The number of carbonyl (C=O) groups excluding carboxylic acids is 1. The molecule has 1 amide bonds. The summed E-state index contributed by atoms with van der Waals surface area (Å²) in [6.07, 6.45) is 1.25. The maximum absolute atomic E-state index is 12.5. The van der Waals surface area contributed by atoms with Crippen LogP contribution < -0.4 is 5.32 Å². The number of fused-ring (bicyclic) bond motifs is 1. The fraction of sp³-hybridized carbons (Fsp3) is 0.316. The number of halogens is 2. The van der Waals surface area contributed by atoms with Gasteiger partial charge in [-0.05, 0) is 54.3 Å². The topological polar surface area (TPSA) is 66.5 Å². The highest BCUT2D eigenvalue weighted by atomic mass is 35.5. The summed E-state index contributed by atoms with van der Waals surface area (Å²) in [5.41, 5.74) is 2.92. The van der Waals surface area contributed by atoms with Crippen LogP contribution in [0.25, 0.3) is 0 Å². The van der Waals surface area contributed by atoms with E-state index in [1.54, 1.807) is 12.1 Å². The first kappa shape index (κ1) is 20.1. The third-order valence-electron chi connectivity index (χ3n) is 4.47. The number of amides is 1. The minimum atomic E-state index is -3.25. The van der Waals surface area contributed by atoms with Crippen LogP contribution in [0, 0.1) is 0 Å². The summed E-state index contributed by atoms with van der Waals surface area (Å²) < 4.78 is 26.2. The normalized spacial score (nSPS) is 14.6. The summed E-state index contributed by atoms with van der Waals surface area (Å²) in [5, 5.41) is 3.54. The van der Waals surface area contributed by atoms with Gasteiger partial charge in [-0.2, -0.15) is 4.31 Å². The second kappa shape index (κ2) is 8.19. The van der Waals surface area contributed by atoms with Gasteiger partial charge in [0.1, 0.15) is 0 Å². The van der Waals surface area contributed by atoms with Crippen molar-refractivity contribution < 1.29 is 13.2 Å². The molecule has 27 heavy (non-hydrogen) atoms. The van der Waals surface area contributed by atoms with E-state index in [4.69, 9.17) is 23.2 Å². The van der Waals surface area contributed by atoms with Crippen molar-refractivity contribution in [3.8, 4) is 0 Å². The van der Waals surface area contributed by atoms with Gasteiger partial charge in [-0.25, -0.2) is 8.42 Å². The number of hydrogen-bond donors (Lipinski definition) is 1. The van der Waals surface area contributed by atoms with E-state index < -0.39 is 10.0 Å².